The first-order valence-corrected chi connectivity index (χ1v) is 7.77. The predicted molar refractivity (Wildman–Crippen MR) is 83.8 cm³/mol. The summed E-state index contributed by atoms with van der Waals surface area (Å²) in [4.78, 5) is 24.0. The molecule has 0 saturated carbocycles. The van der Waals surface area contributed by atoms with Crippen molar-refractivity contribution in [3.63, 3.8) is 0 Å². The number of halogens is 2. The van der Waals surface area contributed by atoms with Gasteiger partial charge in [-0.25, -0.2) is 23.7 Å². The van der Waals surface area contributed by atoms with Crippen LogP contribution < -0.4 is 4.74 Å². The van der Waals surface area contributed by atoms with Gasteiger partial charge in [-0.15, -0.1) is 11.3 Å². The molecule has 0 radical (unpaired) electrons. The summed E-state index contributed by atoms with van der Waals surface area (Å²) < 4.78 is 32.5. The van der Waals surface area contributed by atoms with Crippen molar-refractivity contribution in [2.45, 2.75) is 13.5 Å². The van der Waals surface area contributed by atoms with Gasteiger partial charge in [-0.05, 0) is 13.0 Å². The molecule has 0 atom stereocenters. The second kappa shape index (κ2) is 6.79. The lowest BCUT2D eigenvalue weighted by molar-refractivity contribution is 0.100. The average molecular weight is 347 g/mol. The highest BCUT2D eigenvalue weighted by Gasteiger charge is 2.17. The fourth-order valence-corrected chi connectivity index (χ4v) is 2.79. The monoisotopic (exact) mass is 347 g/mol. The maximum absolute atomic E-state index is 13.7. The Bertz CT molecular complexity index is 884. The van der Waals surface area contributed by atoms with Crippen LogP contribution in [0.2, 0.25) is 0 Å². The minimum atomic E-state index is -0.950. The first-order valence-electron chi connectivity index (χ1n) is 6.89. The number of thiazole rings is 1. The van der Waals surface area contributed by atoms with E-state index in [4.69, 9.17) is 4.74 Å². The minimum Gasteiger partial charge on any atom is -0.486 e. The normalized spacial score (nSPS) is 10.6. The number of hydrogen-bond acceptors (Lipinski definition) is 6. The third-order valence-corrected chi connectivity index (χ3v) is 3.94. The molecule has 5 nitrogen and oxygen atoms in total. The van der Waals surface area contributed by atoms with Gasteiger partial charge < -0.3 is 4.74 Å². The Morgan fingerprint density at radius 2 is 2.00 bits per heavy atom. The van der Waals surface area contributed by atoms with E-state index in [1.165, 1.54) is 18.3 Å². The zero-order valence-corrected chi connectivity index (χ0v) is 13.3. The van der Waals surface area contributed by atoms with Gasteiger partial charge in [0.1, 0.15) is 24.0 Å². The number of aromatic nitrogens is 3. The molecular formula is C16H11F2N3O2S. The Morgan fingerprint density at radius 3 is 2.71 bits per heavy atom. The van der Waals surface area contributed by atoms with Gasteiger partial charge in [0, 0.05) is 29.9 Å². The molecule has 0 fully saturated rings. The lowest BCUT2D eigenvalue weighted by Crippen LogP contribution is -2.05. The summed E-state index contributed by atoms with van der Waals surface area (Å²) in [5, 5.41) is 2.33. The van der Waals surface area contributed by atoms with Gasteiger partial charge in [-0.1, -0.05) is 0 Å². The Balaban J connectivity index is 1.80. The van der Waals surface area contributed by atoms with Gasteiger partial charge in [0.05, 0.1) is 11.3 Å². The van der Waals surface area contributed by atoms with Crippen molar-refractivity contribution in [2.24, 2.45) is 0 Å². The van der Waals surface area contributed by atoms with E-state index in [0.29, 0.717) is 22.6 Å². The number of ether oxygens (including phenoxy) is 1. The molecule has 0 saturated heterocycles. The Kier molecular flexibility index (Phi) is 4.57. The number of rotatable bonds is 5. The van der Waals surface area contributed by atoms with Crippen LogP contribution in [0.5, 0.6) is 5.75 Å². The van der Waals surface area contributed by atoms with Crippen molar-refractivity contribution in [3.8, 4) is 16.6 Å². The molecule has 0 aliphatic heterocycles. The molecule has 3 aromatic rings. The van der Waals surface area contributed by atoms with Crippen molar-refractivity contribution >= 4 is 17.1 Å². The van der Waals surface area contributed by atoms with Crippen LogP contribution in [0.4, 0.5) is 8.78 Å². The zero-order valence-electron chi connectivity index (χ0n) is 12.5. The maximum Gasteiger partial charge on any atom is 0.188 e. The molecule has 24 heavy (non-hydrogen) atoms. The highest BCUT2D eigenvalue weighted by molar-refractivity contribution is 7.13. The van der Waals surface area contributed by atoms with Crippen molar-refractivity contribution in [2.75, 3.05) is 0 Å². The average Bonchev–Trinajstić information content (AvgIpc) is 3.01. The largest absolute Gasteiger partial charge is 0.486 e. The van der Waals surface area contributed by atoms with Crippen LogP contribution in [0.3, 0.4) is 0 Å². The number of nitrogens with zero attached hydrogens (tertiary/aromatic N) is 3. The van der Waals surface area contributed by atoms with Crippen molar-refractivity contribution in [3.05, 3.63) is 58.9 Å². The topological polar surface area (TPSA) is 65.0 Å². The van der Waals surface area contributed by atoms with E-state index in [1.54, 1.807) is 23.8 Å². The molecule has 8 heteroatoms. The summed E-state index contributed by atoms with van der Waals surface area (Å²) in [6, 6.07) is 3.33. The molecule has 0 amide bonds. The number of hydrogen-bond donors (Lipinski definition) is 0. The van der Waals surface area contributed by atoms with Crippen LogP contribution in [-0.2, 0) is 6.61 Å². The van der Waals surface area contributed by atoms with Gasteiger partial charge in [0.2, 0.25) is 0 Å². The van der Waals surface area contributed by atoms with Gasteiger partial charge in [-0.3, -0.25) is 4.79 Å². The smallest absolute Gasteiger partial charge is 0.188 e. The first kappa shape index (κ1) is 16.1. The lowest BCUT2D eigenvalue weighted by Gasteiger charge is -2.09. The number of carbonyl (C=O) groups is 1. The van der Waals surface area contributed by atoms with Gasteiger partial charge in [0.25, 0.3) is 0 Å². The molecule has 2 heterocycles. The molecule has 3 rings (SSSR count). The summed E-state index contributed by atoms with van der Waals surface area (Å²) in [7, 11) is 0. The summed E-state index contributed by atoms with van der Waals surface area (Å²) in [6.07, 6.45) is 3.21. The Hall–Kier alpha value is -2.74. The second-order valence-corrected chi connectivity index (χ2v) is 5.68. The molecular weight excluding hydrogens is 336 g/mol. The van der Waals surface area contributed by atoms with E-state index >= 15 is 0 Å². The number of carbonyl (C=O) groups excluding carboxylic acids is 1. The quantitative estimate of drug-likeness (QED) is 0.659. The van der Waals surface area contributed by atoms with Crippen molar-refractivity contribution < 1.29 is 18.3 Å². The molecule has 122 valence electrons. The molecule has 1 aromatic carbocycles. The van der Waals surface area contributed by atoms with Crippen LogP contribution in [0, 0.1) is 11.6 Å². The Labute approximate surface area is 140 Å². The van der Waals surface area contributed by atoms with Crippen LogP contribution in [0.25, 0.3) is 10.8 Å². The highest BCUT2D eigenvalue weighted by Crippen LogP contribution is 2.26. The van der Waals surface area contributed by atoms with E-state index in [9.17, 15) is 13.6 Å². The number of benzene rings is 1. The number of Topliss-reactive ketones (excluding diaryl/α,β-unsaturated/α-hetero) is 1. The summed E-state index contributed by atoms with van der Waals surface area (Å²) in [5.74, 6) is -1.97. The second-order valence-electron chi connectivity index (χ2n) is 4.82. The molecule has 0 aliphatic carbocycles. The van der Waals surface area contributed by atoms with Gasteiger partial charge in [0.15, 0.2) is 16.6 Å². The molecule has 0 spiro atoms. The van der Waals surface area contributed by atoms with E-state index in [1.807, 2.05) is 0 Å². The lowest BCUT2D eigenvalue weighted by atomic mass is 10.1. The molecule has 0 N–H and O–H groups in total. The van der Waals surface area contributed by atoms with E-state index in [0.717, 1.165) is 6.07 Å². The van der Waals surface area contributed by atoms with Crippen molar-refractivity contribution in [1.29, 1.82) is 0 Å². The fraction of sp³-hybridized carbons (Fsp3) is 0.125. The minimum absolute atomic E-state index is 0.0352. The van der Waals surface area contributed by atoms with E-state index in [2.05, 4.69) is 15.0 Å². The highest BCUT2D eigenvalue weighted by atomic mass is 32.1. The van der Waals surface area contributed by atoms with Crippen LogP contribution in [-0.4, -0.2) is 20.7 Å². The number of ketones is 1. The molecule has 0 unspecified atom stereocenters. The third kappa shape index (κ3) is 3.43. The van der Waals surface area contributed by atoms with Crippen molar-refractivity contribution in [1.82, 2.24) is 15.0 Å². The fourth-order valence-electron chi connectivity index (χ4n) is 2.04. The Morgan fingerprint density at radius 1 is 1.25 bits per heavy atom. The van der Waals surface area contributed by atoms with E-state index < -0.39 is 17.4 Å². The van der Waals surface area contributed by atoms with Crippen LogP contribution in [0.15, 0.2) is 36.0 Å². The maximum atomic E-state index is 13.7. The predicted octanol–water partition coefficient (Wildman–Crippen LogP) is 3.66. The van der Waals surface area contributed by atoms with Gasteiger partial charge >= 0.3 is 0 Å². The van der Waals surface area contributed by atoms with Crippen LogP contribution >= 0.6 is 11.3 Å². The van der Waals surface area contributed by atoms with Crippen LogP contribution in [0.1, 0.15) is 23.0 Å². The van der Waals surface area contributed by atoms with E-state index in [-0.39, 0.29) is 17.9 Å². The third-order valence-electron chi connectivity index (χ3n) is 3.06. The SMILES string of the molecule is CC(=O)c1c(F)cc(F)cc1OCc1csc(-c2ncccn2)n1. The molecule has 0 aliphatic rings. The summed E-state index contributed by atoms with van der Waals surface area (Å²) >= 11 is 1.32. The molecule has 0 bridgehead atoms. The molecule has 2 aromatic heterocycles. The zero-order chi connectivity index (χ0) is 17.1. The summed E-state index contributed by atoms with van der Waals surface area (Å²) in [5.41, 5.74) is 0.264. The first-order chi connectivity index (χ1) is 11.5. The van der Waals surface area contributed by atoms with Gasteiger partial charge in [-0.2, -0.15) is 0 Å². The summed E-state index contributed by atoms with van der Waals surface area (Å²) in [6.45, 7) is 1.16. The standard InChI is InChI=1S/C16H11F2N3O2S/c1-9(22)14-12(18)5-10(17)6-13(14)23-7-11-8-24-16(21-11)15-19-3-2-4-20-15/h2-6,8H,7H2,1H3.